The summed E-state index contributed by atoms with van der Waals surface area (Å²) in [5.41, 5.74) is -2.02. The van der Waals surface area contributed by atoms with Crippen LogP contribution < -0.4 is 0 Å². The SMILES string of the molecule is COC(=O)c1ccc(-c2nn(C(=O)c3c(Cl)cccc3C(F)(F)F)c3cc(C#CCO)ccc23)c(F)c1. The van der Waals surface area contributed by atoms with Gasteiger partial charge in [-0.2, -0.15) is 23.0 Å². The van der Waals surface area contributed by atoms with Gasteiger partial charge in [0, 0.05) is 16.5 Å². The highest BCUT2D eigenvalue weighted by Gasteiger charge is 2.37. The number of nitrogens with zero attached hydrogens (tertiary/aromatic N) is 2. The molecule has 0 aliphatic rings. The molecule has 0 aliphatic heterocycles. The van der Waals surface area contributed by atoms with Crippen molar-refractivity contribution in [1.82, 2.24) is 9.78 Å². The summed E-state index contributed by atoms with van der Waals surface area (Å²) in [4.78, 5) is 25.2. The van der Waals surface area contributed by atoms with E-state index in [9.17, 15) is 22.8 Å². The van der Waals surface area contributed by atoms with E-state index in [1.165, 1.54) is 30.3 Å². The Morgan fingerprint density at radius 1 is 1.14 bits per heavy atom. The average molecular weight is 531 g/mol. The number of fused-ring (bicyclic) bond motifs is 1. The highest BCUT2D eigenvalue weighted by Crippen LogP contribution is 2.37. The molecule has 4 aromatic rings. The number of benzene rings is 3. The summed E-state index contributed by atoms with van der Waals surface area (Å²) >= 11 is 6.03. The fourth-order valence-electron chi connectivity index (χ4n) is 3.72. The summed E-state index contributed by atoms with van der Waals surface area (Å²) in [6.07, 6.45) is -4.89. The largest absolute Gasteiger partial charge is 0.465 e. The van der Waals surface area contributed by atoms with Crippen LogP contribution in [0.15, 0.2) is 54.6 Å². The number of carbonyl (C=O) groups excluding carboxylic acids is 2. The summed E-state index contributed by atoms with van der Waals surface area (Å²) in [5, 5.41) is 12.9. The second-order valence-corrected chi connectivity index (χ2v) is 8.01. The zero-order valence-corrected chi connectivity index (χ0v) is 19.6. The first-order chi connectivity index (χ1) is 17.6. The molecule has 3 aromatic carbocycles. The monoisotopic (exact) mass is 530 g/mol. The Kier molecular flexibility index (Phi) is 7.03. The van der Waals surface area contributed by atoms with Crippen molar-refractivity contribution in [1.29, 1.82) is 0 Å². The smallest absolute Gasteiger partial charge is 0.417 e. The van der Waals surface area contributed by atoms with E-state index < -0.39 is 46.6 Å². The summed E-state index contributed by atoms with van der Waals surface area (Å²) < 4.78 is 61.5. The van der Waals surface area contributed by atoms with Crippen molar-refractivity contribution < 1.29 is 37.0 Å². The standard InChI is InChI=1S/C26H15ClF4N2O4/c1-37-25(36)15-8-10-16(20(28)13-15)23-17-9-7-14(4-3-11-34)12-21(17)33(32-23)24(35)22-18(26(29,30)31)5-2-6-19(22)27/h2,5-10,12-13,34H,11H2,1H3. The van der Waals surface area contributed by atoms with E-state index in [0.717, 1.165) is 31.4 Å². The van der Waals surface area contributed by atoms with Crippen molar-refractivity contribution in [3.63, 3.8) is 0 Å². The zero-order chi connectivity index (χ0) is 26.9. The Balaban J connectivity index is 1.99. The number of esters is 1. The van der Waals surface area contributed by atoms with Gasteiger partial charge in [0.1, 0.15) is 18.1 Å². The van der Waals surface area contributed by atoms with Gasteiger partial charge < -0.3 is 9.84 Å². The molecule has 188 valence electrons. The van der Waals surface area contributed by atoms with Crippen LogP contribution in [0, 0.1) is 17.7 Å². The summed E-state index contributed by atoms with van der Waals surface area (Å²) in [7, 11) is 1.14. The maximum Gasteiger partial charge on any atom is 0.417 e. The highest BCUT2D eigenvalue weighted by molar-refractivity contribution is 6.34. The molecular weight excluding hydrogens is 516 g/mol. The fourth-order valence-corrected chi connectivity index (χ4v) is 3.98. The Morgan fingerprint density at radius 2 is 1.89 bits per heavy atom. The van der Waals surface area contributed by atoms with Crippen molar-refractivity contribution in [2.24, 2.45) is 0 Å². The van der Waals surface area contributed by atoms with Gasteiger partial charge in [0.2, 0.25) is 0 Å². The molecule has 4 rings (SSSR count). The lowest BCUT2D eigenvalue weighted by Crippen LogP contribution is -2.20. The van der Waals surface area contributed by atoms with Crippen LogP contribution in [0.5, 0.6) is 0 Å². The van der Waals surface area contributed by atoms with Crippen LogP contribution in [0.4, 0.5) is 17.6 Å². The number of hydrogen-bond acceptors (Lipinski definition) is 5. The second-order valence-electron chi connectivity index (χ2n) is 7.60. The molecule has 1 N–H and O–H groups in total. The Morgan fingerprint density at radius 3 is 2.54 bits per heavy atom. The number of aliphatic hydroxyl groups excluding tert-OH is 1. The molecule has 11 heteroatoms. The fraction of sp³-hybridized carbons (Fsp3) is 0.115. The van der Waals surface area contributed by atoms with Crippen molar-refractivity contribution in [3.05, 3.63) is 87.7 Å². The van der Waals surface area contributed by atoms with Gasteiger partial charge in [-0.25, -0.2) is 9.18 Å². The van der Waals surface area contributed by atoms with Gasteiger partial charge in [-0.3, -0.25) is 4.79 Å². The number of aliphatic hydroxyl groups is 1. The summed E-state index contributed by atoms with van der Waals surface area (Å²) in [6, 6.07) is 10.7. The third-order valence-electron chi connectivity index (χ3n) is 5.36. The third kappa shape index (κ3) is 4.91. The van der Waals surface area contributed by atoms with E-state index in [-0.39, 0.29) is 27.7 Å². The molecule has 0 radical (unpaired) electrons. The van der Waals surface area contributed by atoms with Crippen molar-refractivity contribution in [3.8, 4) is 23.1 Å². The van der Waals surface area contributed by atoms with E-state index in [2.05, 4.69) is 21.7 Å². The molecule has 0 bridgehead atoms. The molecule has 0 fully saturated rings. The van der Waals surface area contributed by atoms with Crippen LogP contribution in [0.2, 0.25) is 5.02 Å². The molecule has 6 nitrogen and oxygen atoms in total. The maximum atomic E-state index is 15.1. The molecule has 1 heterocycles. The predicted octanol–water partition coefficient (Wildman–Crippen LogP) is 5.33. The van der Waals surface area contributed by atoms with E-state index in [4.69, 9.17) is 16.7 Å². The molecule has 0 spiro atoms. The minimum Gasteiger partial charge on any atom is -0.465 e. The first-order valence-corrected chi connectivity index (χ1v) is 10.9. The number of ether oxygens (including phenoxy) is 1. The number of methoxy groups -OCH3 is 1. The number of rotatable bonds is 3. The lowest BCUT2D eigenvalue weighted by Gasteiger charge is -2.13. The first kappa shape index (κ1) is 25.9. The normalized spacial score (nSPS) is 11.2. The van der Waals surface area contributed by atoms with E-state index >= 15 is 4.39 Å². The van der Waals surface area contributed by atoms with Crippen LogP contribution in [-0.4, -0.2) is 40.5 Å². The lowest BCUT2D eigenvalue weighted by molar-refractivity contribution is -0.137. The van der Waals surface area contributed by atoms with Crippen molar-refractivity contribution in [2.75, 3.05) is 13.7 Å². The van der Waals surface area contributed by atoms with E-state index in [1.54, 1.807) is 0 Å². The topological polar surface area (TPSA) is 81.4 Å². The van der Waals surface area contributed by atoms with Gasteiger partial charge in [0.05, 0.1) is 34.3 Å². The maximum absolute atomic E-state index is 15.1. The summed E-state index contributed by atoms with van der Waals surface area (Å²) in [5.74, 6) is 2.22. The van der Waals surface area contributed by atoms with Crippen molar-refractivity contribution in [2.45, 2.75) is 6.18 Å². The van der Waals surface area contributed by atoms with Crippen LogP contribution in [-0.2, 0) is 10.9 Å². The van der Waals surface area contributed by atoms with Crippen molar-refractivity contribution >= 4 is 34.4 Å². The molecule has 0 aliphatic carbocycles. The average Bonchev–Trinajstić information content (AvgIpc) is 3.24. The molecule has 0 saturated carbocycles. The van der Waals surface area contributed by atoms with E-state index in [0.29, 0.717) is 10.2 Å². The van der Waals surface area contributed by atoms with Crippen LogP contribution in [0.3, 0.4) is 0 Å². The van der Waals surface area contributed by atoms with Crippen LogP contribution >= 0.6 is 11.6 Å². The number of halogens is 5. The minimum absolute atomic E-state index is 0.0224. The lowest BCUT2D eigenvalue weighted by atomic mass is 10.0. The molecular formula is C26H15ClF4N2O4. The van der Waals surface area contributed by atoms with Crippen LogP contribution in [0.1, 0.15) is 31.8 Å². The molecule has 37 heavy (non-hydrogen) atoms. The van der Waals surface area contributed by atoms with E-state index in [1.807, 2.05) is 0 Å². The predicted molar refractivity (Wildman–Crippen MR) is 127 cm³/mol. The van der Waals surface area contributed by atoms with Gasteiger partial charge in [-0.15, -0.1) is 0 Å². The Bertz CT molecular complexity index is 1620. The molecule has 1 aromatic heterocycles. The number of alkyl halides is 3. The highest BCUT2D eigenvalue weighted by atomic mass is 35.5. The Labute approximate surface area is 212 Å². The molecule has 0 amide bonds. The molecule has 0 unspecified atom stereocenters. The Hall–Kier alpha value is -4.20. The second kappa shape index (κ2) is 10.0. The zero-order valence-electron chi connectivity index (χ0n) is 18.9. The van der Waals surface area contributed by atoms with Gasteiger partial charge >= 0.3 is 12.1 Å². The molecule has 0 saturated heterocycles. The minimum atomic E-state index is -4.89. The number of aromatic nitrogens is 2. The molecule has 0 atom stereocenters. The first-order valence-electron chi connectivity index (χ1n) is 10.5. The third-order valence-corrected chi connectivity index (χ3v) is 5.68. The van der Waals surface area contributed by atoms with Gasteiger partial charge in [0.25, 0.3) is 5.91 Å². The van der Waals surface area contributed by atoms with Gasteiger partial charge in [-0.1, -0.05) is 29.5 Å². The quantitative estimate of drug-likeness (QED) is 0.220. The van der Waals surface area contributed by atoms with Gasteiger partial charge in [-0.05, 0) is 48.5 Å². The number of carbonyl (C=O) groups is 2. The van der Waals surface area contributed by atoms with Crippen LogP contribution in [0.25, 0.3) is 22.2 Å². The summed E-state index contributed by atoms with van der Waals surface area (Å²) in [6.45, 7) is -0.451. The van der Waals surface area contributed by atoms with Gasteiger partial charge in [0.15, 0.2) is 0 Å². The number of hydrogen-bond donors (Lipinski definition) is 1.